The molecule has 3 atom stereocenters. The Balaban J connectivity index is 2.02. The molecule has 1 N–H and O–H groups in total. The number of benzene rings is 2. The topological polar surface area (TPSA) is 56.8 Å². The van der Waals surface area contributed by atoms with Crippen LogP contribution in [-0.2, 0) is 24.2 Å². The molecule has 0 saturated heterocycles. The minimum absolute atomic E-state index is 0.160. The van der Waals surface area contributed by atoms with Crippen molar-refractivity contribution in [1.29, 1.82) is 0 Å². The van der Waals surface area contributed by atoms with Crippen molar-refractivity contribution >= 4 is 6.09 Å². The minimum atomic E-state index is -1.89. The smallest absolute Gasteiger partial charge is 0.407 e. The van der Waals surface area contributed by atoms with Crippen LogP contribution in [0.3, 0.4) is 0 Å². The lowest BCUT2D eigenvalue weighted by Gasteiger charge is -2.20. The van der Waals surface area contributed by atoms with Crippen molar-refractivity contribution in [3.8, 4) is 11.5 Å². The number of alkyl halides is 3. The largest absolute Gasteiger partial charge is 0.496 e. The van der Waals surface area contributed by atoms with E-state index in [-0.39, 0.29) is 19.1 Å². The normalized spacial score (nSPS) is 13.7. The van der Waals surface area contributed by atoms with Gasteiger partial charge in [0.25, 0.3) is 0 Å². The van der Waals surface area contributed by atoms with E-state index >= 15 is 0 Å². The Hall–Kier alpha value is -2.90. The Kier molecular flexibility index (Phi) is 10.2. The van der Waals surface area contributed by atoms with E-state index in [9.17, 15) is 18.0 Å². The van der Waals surface area contributed by atoms with Gasteiger partial charge in [-0.3, -0.25) is 4.39 Å². The molecule has 2 aromatic rings. The highest BCUT2D eigenvalue weighted by Crippen LogP contribution is 2.32. The van der Waals surface area contributed by atoms with Crippen LogP contribution in [0.5, 0.6) is 11.5 Å². The van der Waals surface area contributed by atoms with E-state index < -0.39 is 31.5 Å². The van der Waals surface area contributed by atoms with Crippen LogP contribution in [-0.4, -0.2) is 45.4 Å². The van der Waals surface area contributed by atoms with E-state index in [1.54, 1.807) is 12.1 Å². The molecule has 32 heavy (non-hydrogen) atoms. The third kappa shape index (κ3) is 7.66. The predicted molar refractivity (Wildman–Crippen MR) is 117 cm³/mol. The molecule has 0 aromatic heterocycles. The lowest BCUT2D eigenvalue weighted by atomic mass is 9.98. The van der Waals surface area contributed by atoms with Crippen LogP contribution in [0.25, 0.3) is 0 Å². The summed E-state index contributed by atoms with van der Waals surface area (Å²) in [5, 5.41) is 2.76. The Morgan fingerprint density at radius 1 is 0.969 bits per heavy atom. The van der Waals surface area contributed by atoms with Crippen molar-refractivity contribution in [3.05, 3.63) is 59.2 Å². The number of carbonyl (C=O) groups excluding carboxylic acids is 1. The molecule has 0 bridgehead atoms. The van der Waals surface area contributed by atoms with E-state index in [0.717, 1.165) is 11.1 Å². The number of carbonyl (C=O) groups is 1. The Bertz CT molecular complexity index is 851. The van der Waals surface area contributed by atoms with Crippen molar-refractivity contribution in [2.45, 2.75) is 51.2 Å². The van der Waals surface area contributed by atoms with E-state index in [4.69, 9.17) is 14.2 Å². The van der Waals surface area contributed by atoms with E-state index in [1.165, 1.54) is 14.2 Å². The van der Waals surface area contributed by atoms with Crippen LogP contribution >= 0.6 is 0 Å². The van der Waals surface area contributed by atoms with Gasteiger partial charge in [0.05, 0.1) is 20.9 Å². The fourth-order valence-corrected chi connectivity index (χ4v) is 3.31. The molecule has 5 nitrogen and oxygen atoms in total. The Morgan fingerprint density at radius 3 is 2.12 bits per heavy atom. The van der Waals surface area contributed by atoms with Crippen molar-refractivity contribution in [3.63, 3.8) is 0 Å². The third-order valence-corrected chi connectivity index (χ3v) is 4.98. The number of halogens is 3. The molecule has 0 fully saturated rings. The summed E-state index contributed by atoms with van der Waals surface area (Å²) in [6.07, 6.45) is -4.64. The maximum absolute atomic E-state index is 14.2. The van der Waals surface area contributed by atoms with Gasteiger partial charge in [-0.1, -0.05) is 30.3 Å². The van der Waals surface area contributed by atoms with Gasteiger partial charge in [0, 0.05) is 24.4 Å². The monoisotopic (exact) mass is 453 g/mol. The average molecular weight is 454 g/mol. The van der Waals surface area contributed by atoms with E-state index in [2.05, 4.69) is 5.32 Å². The van der Waals surface area contributed by atoms with Crippen LogP contribution in [0.4, 0.5) is 18.0 Å². The van der Waals surface area contributed by atoms with Gasteiger partial charge in [0.15, 0.2) is 0 Å². The molecule has 176 valence electrons. The molecule has 2 rings (SSSR count). The number of amides is 1. The molecule has 0 spiro atoms. The first-order valence-corrected chi connectivity index (χ1v) is 10.4. The molecule has 0 saturated carbocycles. The zero-order valence-electron chi connectivity index (χ0n) is 18.6. The summed E-state index contributed by atoms with van der Waals surface area (Å²) in [5.41, 5.74) is 2.02. The van der Waals surface area contributed by atoms with Crippen LogP contribution in [0, 0.1) is 0 Å². The summed E-state index contributed by atoms with van der Waals surface area (Å²) in [5.74, 6) is 0.829. The first-order valence-electron chi connectivity index (χ1n) is 10.4. The fourth-order valence-electron chi connectivity index (χ4n) is 3.31. The van der Waals surface area contributed by atoms with Crippen LogP contribution in [0.2, 0.25) is 0 Å². The second-order valence-electron chi connectivity index (χ2n) is 7.50. The maximum Gasteiger partial charge on any atom is 0.407 e. The summed E-state index contributed by atoms with van der Waals surface area (Å²) >= 11 is 0. The first-order chi connectivity index (χ1) is 15.4. The second kappa shape index (κ2) is 12.8. The Labute approximate surface area is 186 Å². The quantitative estimate of drug-likeness (QED) is 0.484. The van der Waals surface area contributed by atoms with Crippen molar-refractivity contribution in [2.24, 2.45) is 0 Å². The van der Waals surface area contributed by atoms with E-state index in [1.807, 2.05) is 37.3 Å². The minimum Gasteiger partial charge on any atom is -0.496 e. The number of methoxy groups -OCH3 is 2. The number of ether oxygens (including phenoxy) is 3. The first kappa shape index (κ1) is 25.4. The lowest BCUT2D eigenvalue weighted by molar-refractivity contribution is 0.136. The number of nitrogens with one attached hydrogen (secondary N) is 1. The van der Waals surface area contributed by atoms with Crippen LogP contribution in [0.15, 0.2) is 42.5 Å². The maximum atomic E-state index is 14.2. The average Bonchev–Trinajstić information content (AvgIpc) is 2.79. The highest BCUT2D eigenvalue weighted by atomic mass is 19.2. The molecule has 0 heterocycles. The fraction of sp³-hybridized carbons (Fsp3) is 0.458. The molecule has 0 aliphatic rings. The number of rotatable bonds is 12. The molecule has 0 aliphatic carbocycles. The molecule has 0 aliphatic heterocycles. The van der Waals surface area contributed by atoms with Crippen molar-refractivity contribution in [1.82, 2.24) is 5.32 Å². The van der Waals surface area contributed by atoms with Gasteiger partial charge in [0.2, 0.25) is 0 Å². The summed E-state index contributed by atoms with van der Waals surface area (Å²) in [7, 11) is 2.90. The molecular formula is C24H30F3NO4. The molecular weight excluding hydrogens is 423 g/mol. The Morgan fingerprint density at radius 2 is 1.56 bits per heavy atom. The van der Waals surface area contributed by atoms with Gasteiger partial charge in [-0.2, -0.15) is 0 Å². The summed E-state index contributed by atoms with van der Waals surface area (Å²) in [4.78, 5) is 12.1. The number of hydrogen-bond acceptors (Lipinski definition) is 4. The SMILES string of the molecule is COc1cc(CC(F)C(F)CCF)c(OC)cc1CC(C)NC(=O)OCc1ccccc1. The van der Waals surface area contributed by atoms with Crippen molar-refractivity contribution < 1.29 is 32.2 Å². The van der Waals surface area contributed by atoms with E-state index in [0.29, 0.717) is 23.5 Å². The van der Waals surface area contributed by atoms with Gasteiger partial charge in [-0.25, -0.2) is 13.6 Å². The predicted octanol–water partition coefficient (Wildman–Crippen LogP) is 5.14. The van der Waals surface area contributed by atoms with Gasteiger partial charge in [-0.15, -0.1) is 0 Å². The lowest BCUT2D eigenvalue weighted by Crippen LogP contribution is -2.34. The van der Waals surface area contributed by atoms with Crippen LogP contribution in [0.1, 0.15) is 30.0 Å². The van der Waals surface area contributed by atoms with Gasteiger partial charge < -0.3 is 19.5 Å². The standard InChI is InChI=1S/C24H30F3NO4/c1-16(28-24(29)32-15-17-7-5-4-6-8-17)11-18-13-23(31-3)19(14-22(18)30-2)12-21(27)20(26)9-10-25/h4-8,13-14,16,20-21H,9-12,15H2,1-3H3,(H,28,29). The molecule has 0 radical (unpaired) electrons. The number of alkyl carbamates (subject to hydrolysis) is 1. The molecule has 2 aromatic carbocycles. The van der Waals surface area contributed by atoms with Crippen molar-refractivity contribution in [2.75, 3.05) is 20.9 Å². The third-order valence-electron chi connectivity index (χ3n) is 4.98. The van der Waals surface area contributed by atoms with Gasteiger partial charge in [-0.05, 0) is 36.6 Å². The van der Waals surface area contributed by atoms with Gasteiger partial charge >= 0.3 is 6.09 Å². The van der Waals surface area contributed by atoms with Crippen LogP contribution < -0.4 is 14.8 Å². The summed E-state index contributed by atoms with van der Waals surface area (Å²) < 4.78 is 56.2. The second-order valence-corrected chi connectivity index (χ2v) is 7.50. The zero-order chi connectivity index (χ0) is 23.5. The molecule has 1 amide bonds. The summed E-state index contributed by atoms with van der Waals surface area (Å²) in [6, 6.07) is 12.3. The van der Waals surface area contributed by atoms with Gasteiger partial charge in [0.1, 0.15) is 30.4 Å². The number of hydrogen-bond donors (Lipinski definition) is 1. The highest BCUT2D eigenvalue weighted by molar-refractivity contribution is 5.67. The molecule has 3 unspecified atom stereocenters. The highest BCUT2D eigenvalue weighted by Gasteiger charge is 2.24. The zero-order valence-corrected chi connectivity index (χ0v) is 18.6. The molecule has 8 heteroatoms. The summed E-state index contributed by atoms with van der Waals surface area (Å²) in [6.45, 7) is 1.05.